The van der Waals surface area contributed by atoms with E-state index in [1.165, 1.54) is 51.4 Å². The molecule has 0 heterocycles. The highest BCUT2D eigenvalue weighted by molar-refractivity contribution is 5.69. The van der Waals surface area contributed by atoms with Crippen LogP contribution in [0.1, 0.15) is 136 Å². The fraction of sp³-hybridized carbons (Fsp3) is 0.722. The Bertz CT molecular complexity index is 754. The molecule has 1 unspecified atom stereocenters. The van der Waals surface area contributed by atoms with Crippen molar-refractivity contribution in [1.82, 2.24) is 0 Å². The van der Waals surface area contributed by atoms with Gasteiger partial charge in [-0.15, -0.1) is 0 Å². The van der Waals surface area contributed by atoms with E-state index < -0.39 is 12.2 Å². The molecule has 6 nitrogen and oxygen atoms in total. The highest BCUT2D eigenvalue weighted by atomic mass is 16.6. The van der Waals surface area contributed by atoms with Crippen LogP contribution in [0.15, 0.2) is 48.6 Å². The molecule has 0 radical (unpaired) electrons. The summed E-state index contributed by atoms with van der Waals surface area (Å²) in [5.41, 5.74) is 0. The number of aliphatic hydroxyl groups is 2. The van der Waals surface area contributed by atoms with E-state index >= 15 is 0 Å². The number of rotatable bonds is 28. The van der Waals surface area contributed by atoms with E-state index in [1.807, 2.05) is 36.5 Å². The molecule has 42 heavy (non-hydrogen) atoms. The lowest BCUT2D eigenvalue weighted by atomic mass is 10.00. The number of esters is 2. The summed E-state index contributed by atoms with van der Waals surface area (Å²) < 4.78 is 10.2. The molecule has 0 bridgehead atoms. The van der Waals surface area contributed by atoms with Crippen molar-refractivity contribution in [2.75, 3.05) is 13.2 Å². The second-order valence-corrected chi connectivity index (χ2v) is 11.4. The second kappa shape index (κ2) is 30.3. The molecule has 0 rings (SSSR count). The number of hydrogen-bond donors (Lipinski definition) is 2. The number of unbranched alkanes of at least 4 members (excludes halogenated alkanes) is 9. The van der Waals surface area contributed by atoms with E-state index in [0.717, 1.165) is 44.4 Å². The molecular weight excluding hydrogens is 528 g/mol. The Morgan fingerprint density at radius 1 is 0.690 bits per heavy atom. The largest absolute Gasteiger partial charge is 0.463 e. The number of carbonyl (C=O) groups excluding carboxylic acids is 2. The van der Waals surface area contributed by atoms with Crippen LogP contribution in [0.3, 0.4) is 0 Å². The third-order valence-corrected chi connectivity index (χ3v) is 7.19. The topological polar surface area (TPSA) is 93.1 Å². The van der Waals surface area contributed by atoms with Gasteiger partial charge in [-0.05, 0) is 50.9 Å². The molecule has 0 fully saturated rings. The molecular formula is C36H62O6. The first-order chi connectivity index (χ1) is 20.4. The molecule has 0 saturated carbocycles. The van der Waals surface area contributed by atoms with E-state index in [2.05, 4.69) is 26.8 Å². The summed E-state index contributed by atoms with van der Waals surface area (Å²) in [6.07, 6.45) is 32.0. The fourth-order valence-corrected chi connectivity index (χ4v) is 4.19. The highest BCUT2D eigenvalue weighted by Crippen LogP contribution is 2.14. The maximum atomic E-state index is 11.9. The molecule has 3 atom stereocenters. The van der Waals surface area contributed by atoms with Gasteiger partial charge in [0.15, 0.2) is 0 Å². The average Bonchev–Trinajstić information content (AvgIpc) is 2.98. The molecule has 6 heteroatoms. The predicted molar refractivity (Wildman–Crippen MR) is 174 cm³/mol. The van der Waals surface area contributed by atoms with Crippen molar-refractivity contribution < 1.29 is 29.3 Å². The molecule has 0 saturated heterocycles. The maximum absolute atomic E-state index is 11.9. The van der Waals surface area contributed by atoms with Gasteiger partial charge in [0, 0.05) is 12.8 Å². The number of aliphatic hydroxyl groups excluding tert-OH is 2. The van der Waals surface area contributed by atoms with E-state index in [4.69, 9.17) is 9.47 Å². The Kier molecular flexibility index (Phi) is 28.7. The first-order valence-electron chi connectivity index (χ1n) is 16.7. The summed E-state index contributed by atoms with van der Waals surface area (Å²) in [4.78, 5) is 23.7. The Morgan fingerprint density at radius 2 is 1.31 bits per heavy atom. The van der Waals surface area contributed by atoms with Gasteiger partial charge in [0.2, 0.25) is 0 Å². The molecule has 0 spiro atoms. The molecule has 0 amide bonds. The summed E-state index contributed by atoms with van der Waals surface area (Å²) in [6.45, 7) is 6.42. The fourth-order valence-electron chi connectivity index (χ4n) is 4.19. The van der Waals surface area contributed by atoms with Gasteiger partial charge in [0.05, 0.1) is 6.10 Å². The van der Waals surface area contributed by atoms with Crippen molar-refractivity contribution >= 4 is 11.9 Å². The quantitative estimate of drug-likeness (QED) is 0.0410. The van der Waals surface area contributed by atoms with Crippen LogP contribution in [0.5, 0.6) is 0 Å². The van der Waals surface area contributed by atoms with Crippen molar-refractivity contribution in [3.63, 3.8) is 0 Å². The zero-order chi connectivity index (χ0) is 31.1. The van der Waals surface area contributed by atoms with Crippen molar-refractivity contribution in [2.24, 2.45) is 5.92 Å². The van der Waals surface area contributed by atoms with Gasteiger partial charge in [-0.1, -0.05) is 127 Å². The van der Waals surface area contributed by atoms with Crippen LogP contribution in [0, 0.1) is 5.92 Å². The average molecular weight is 591 g/mol. The van der Waals surface area contributed by atoms with Crippen LogP contribution in [0.4, 0.5) is 0 Å². The number of allylic oxidation sites excluding steroid dienone is 6. The molecule has 0 aromatic carbocycles. The maximum Gasteiger partial charge on any atom is 0.305 e. The standard InChI is InChI=1S/C36H62O6/c1-4-6-7-8-16-21-26-33(37)27-22-17-11-9-10-12-18-23-28-35(39)41-30-34(38)31-42-36(40)29-24-19-14-13-15-20-25-32(3)5-2/h10-12,16-17,21-22,27,32-34,37-38H,4-9,13-15,18-20,23-26,28-31H2,1-3H3/b12-10-,17-11-,21-16-,27-22+/t32?,33-,34-/m1/s1. The molecule has 0 aliphatic heterocycles. The predicted octanol–water partition coefficient (Wildman–Crippen LogP) is 8.72. The molecule has 0 aromatic rings. The minimum Gasteiger partial charge on any atom is -0.463 e. The van der Waals surface area contributed by atoms with Gasteiger partial charge in [-0.3, -0.25) is 9.59 Å². The molecule has 0 aliphatic rings. The smallest absolute Gasteiger partial charge is 0.305 e. The van der Waals surface area contributed by atoms with E-state index in [-0.39, 0.29) is 31.6 Å². The first-order valence-corrected chi connectivity index (χ1v) is 16.7. The Labute approximate surface area is 257 Å². The van der Waals surface area contributed by atoms with Crippen LogP contribution in [-0.2, 0) is 19.1 Å². The van der Waals surface area contributed by atoms with Gasteiger partial charge in [0.1, 0.15) is 19.3 Å². The van der Waals surface area contributed by atoms with Crippen molar-refractivity contribution in [1.29, 1.82) is 0 Å². The second-order valence-electron chi connectivity index (χ2n) is 11.4. The van der Waals surface area contributed by atoms with E-state index in [1.54, 1.807) is 6.08 Å². The van der Waals surface area contributed by atoms with Gasteiger partial charge in [-0.2, -0.15) is 0 Å². The van der Waals surface area contributed by atoms with Crippen LogP contribution >= 0.6 is 0 Å². The molecule has 242 valence electrons. The number of carbonyl (C=O) groups is 2. The van der Waals surface area contributed by atoms with Crippen molar-refractivity contribution in [3.8, 4) is 0 Å². The minimum absolute atomic E-state index is 0.150. The summed E-state index contributed by atoms with van der Waals surface area (Å²) >= 11 is 0. The monoisotopic (exact) mass is 590 g/mol. The van der Waals surface area contributed by atoms with Crippen molar-refractivity contribution in [2.45, 2.75) is 149 Å². The van der Waals surface area contributed by atoms with Gasteiger partial charge in [0.25, 0.3) is 0 Å². The third-order valence-electron chi connectivity index (χ3n) is 7.19. The summed E-state index contributed by atoms with van der Waals surface area (Å²) in [7, 11) is 0. The third kappa shape index (κ3) is 29.3. The zero-order valence-electron chi connectivity index (χ0n) is 27.0. The van der Waals surface area contributed by atoms with Crippen molar-refractivity contribution in [3.05, 3.63) is 48.6 Å². The Hall–Kier alpha value is -2.18. The summed E-state index contributed by atoms with van der Waals surface area (Å²) in [5, 5.41) is 19.9. The summed E-state index contributed by atoms with van der Waals surface area (Å²) in [5.74, 6) is 0.143. The molecule has 0 aliphatic carbocycles. The van der Waals surface area contributed by atoms with Crippen LogP contribution < -0.4 is 0 Å². The van der Waals surface area contributed by atoms with E-state index in [9.17, 15) is 19.8 Å². The Balaban J connectivity index is 3.69. The number of ether oxygens (including phenoxy) is 2. The molecule has 2 N–H and O–H groups in total. The lowest BCUT2D eigenvalue weighted by Gasteiger charge is -2.12. The minimum atomic E-state index is -1.00. The van der Waals surface area contributed by atoms with E-state index in [0.29, 0.717) is 19.3 Å². The van der Waals surface area contributed by atoms with Gasteiger partial charge < -0.3 is 19.7 Å². The molecule has 0 aromatic heterocycles. The van der Waals surface area contributed by atoms with Crippen LogP contribution in [0.25, 0.3) is 0 Å². The zero-order valence-corrected chi connectivity index (χ0v) is 27.0. The SMILES string of the molecule is CCCCC/C=C\C[C@@H](O)/C=C/C=C\C/C=C\CCCC(=O)OC[C@@H](O)COC(=O)CCCCCCCCC(C)CC. The van der Waals surface area contributed by atoms with Crippen LogP contribution in [-0.4, -0.2) is 47.6 Å². The highest BCUT2D eigenvalue weighted by Gasteiger charge is 2.12. The van der Waals surface area contributed by atoms with Gasteiger partial charge in [-0.25, -0.2) is 0 Å². The lowest BCUT2D eigenvalue weighted by molar-refractivity contribution is -0.152. The Morgan fingerprint density at radius 3 is 2.00 bits per heavy atom. The van der Waals surface area contributed by atoms with Crippen LogP contribution in [0.2, 0.25) is 0 Å². The first kappa shape index (κ1) is 39.8. The van der Waals surface area contributed by atoms with Gasteiger partial charge >= 0.3 is 11.9 Å². The number of hydrogen-bond acceptors (Lipinski definition) is 6. The normalized spacial score (nSPS) is 14.3. The lowest BCUT2D eigenvalue weighted by Crippen LogP contribution is -2.25. The summed E-state index contributed by atoms with van der Waals surface area (Å²) in [6, 6.07) is 0.